The standard InChI is InChI=1S/C32H58N2O3/c1-5-9-11-13-15-17-25-33(7-3)31-23-27-35-28-24-32(37-30-21-19-29(36-31)20-22-30)34(8-4)26-18-16-14-12-10-6-2/h19-22,31-32H,5-18,23-28H2,1-4H3. The highest BCUT2D eigenvalue weighted by molar-refractivity contribution is 5.31. The molecule has 2 unspecified atom stereocenters. The molecular formula is C32H58N2O3. The van der Waals surface area contributed by atoms with Crippen molar-refractivity contribution >= 4 is 0 Å². The third-order valence-corrected chi connectivity index (χ3v) is 7.61. The molecule has 214 valence electrons. The highest BCUT2D eigenvalue weighted by Gasteiger charge is 2.22. The zero-order valence-corrected chi connectivity index (χ0v) is 24.7. The minimum Gasteiger partial charge on any atom is -0.475 e. The predicted molar refractivity (Wildman–Crippen MR) is 157 cm³/mol. The van der Waals surface area contributed by atoms with E-state index in [1.165, 1.54) is 77.0 Å². The number of hydrogen-bond acceptors (Lipinski definition) is 5. The molecule has 0 amide bonds. The van der Waals surface area contributed by atoms with Gasteiger partial charge in [-0.05, 0) is 50.2 Å². The minimum atomic E-state index is 0.0452. The molecule has 2 bridgehead atoms. The van der Waals surface area contributed by atoms with Crippen LogP contribution in [0.4, 0.5) is 0 Å². The van der Waals surface area contributed by atoms with Gasteiger partial charge in [-0.25, -0.2) is 0 Å². The summed E-state index contributed by atoms with van der Waals surface area (Å²) in [6.45, 7) is 14.6. The number of hydrogen-bond donors (Lipinski definition) is 0. The summed E-state index contributed by atoms with van der Waals surface area (Å²) < 4.78 is 19.2. The quantitative estimate of drug-likeness (QED) is 0.183. The highest BCUT2D eigenvalue weighted by atomic mass is 16.5. The van der Waals surface area contributed by atoms with Crippen LogP contribution in [-0.2, 0) is 4.74 Å². The smallest absolute Gasteiger partial charge is 0.154 e. The molecule has 3 rings (SSSR count). The van der Waals surface area contributed by atoms with Crippen LogP contribution in [0.25, 0.3) is 0 Å². The lowest BCUT2D eigenvalue weighted by Crippen LogP contribution is -2.41. The van der Waals surface area contributed by atoms with Gasteiger partial charge in [0, 0.05) is 25.9 Å². The summed E-state index contributed by atoms with van der Waals surface area (Å²) in [7, 11) is 0. The van der Waals surface area contributed by atoms with E-state index < -0.39 is 0 Å². The molecule has 1 aromatic rings. The number of unbranched alkanes of at least 4 members (excludes halogenated alkanes) is 10. The van der Waals surface area contributed by atoms with Crippen molar-refractivity contribution in [2.75, 3.05) is 39.4 Å². The second-order valence-corrected chi connectivity index (χ2v) is 10.6. The molecule has 2 aliphatic heterocycles. The third kappa shape index (κ3) is 13.4. The van der Waals surface area contributed by atoms with Crippen LogP contribution < -0.4 is 9.47 Å². The van der Waals surface area contributed by atoms with Crippen molar-refractivity contribution in [1.82, 2.24) is 9.80 Å². The van der Waals surface area contributed by atoms with Crippen molar-refractivity contribution in [2.24, 2.45) is 0 Å². The van der Waals surface area contributed by atoms with Gasteiger partial charge in [-0.1, -0.05) is 91.9 Å². The molecule has 37 heavy (non-hydrogen) atoms. The van der Waals surface area contributed by atoms with Crippen LogP contribution in [0.2, 0.25) is 0 Å². The molecule has 0 spiro atoms. The number of rotatable bonds is 18. The van der Waals surface area contributed by atoms with E-state index >= 15 is 0 Å². The van der Waals surface area contributed by atoms with Crippen molar-refractivity contribution in [2.45, 2.75) is 130 Å². The van der Waals surface area contributed by atoms with Gasteiger partial charge in [-0.2, -0.15) is 0 Å². The van der Waals surface area contributed by atoms with Gasteiger partial charge >= 0.3 is 0 Å². The molecule has 2 aliphatic rings. The first kappa shape index (κ1) is 31.9. The first-order valence-corrected chi connectivity index (χ1v) is 15.7. The van der Waals surface area contributed by atoms with Crippen LogP contribution in [0.15, 0.2) is 24.3 Å². The first-order valence-electron chi connectivity index (χ1n) is 15.7. The van der Waals surface area contributed by atoms with Crippen molar-refractivity contribution in [3.8, 4) is 11.5 Å². The fourth-order valence-corrected chi connectivity index (χ4v) is 5.22. The fraction of sp³-hybridized carbons (Fsp3) is 0.812. The first-order chi connectivity index (χ1) is 18.2. The number of nitrogens with zero attached hydrogens (tertiary/aromatic N) is 2. The Morgan fingerprint density at radius 3 is 1.32 bits per heavy atom. The zero-order valence-electron chi connectivity index (χ0n) is 24.7. The largest absolute Gasteiger partial charge is 0.475 e. The summed E-state index contributed by atoms with van der Waals surface area (Å²) >= 11 is 0. The molecule has 0 fully saturated rings. The lowest BCUT2D eigenvalue weighted by atomic mass is 10.1. The minimum absolute atomic E-state index is 0.0452. The molecule has 5 heteroatoms. The summed E-state index contributed by atoms with van der Waals surface area (Å²) in [6, 6.07) is 8.28. The second-order valence-electron chi connectivity index (χ2n) is 10.6. The fourth-order valence-electron chi connectivity index (χ4n) is 5.22. The molecule has 0 saturated heterocycles. The summed E-state index contributed by atoms with van der Waals surface area (Å²) in [4.78, 5) is 4.96. The van der Waals surface area contributed by atoms with Crippen LogP contribution in [0.1, 0.15) is 118 Å². The SMILES string of the molecule is CCCCCCCCN(CC)C1CCOCCC(N(CC)CCCCCCCC)Oc2ccc(cc2)O1. The molecule has 0 radical (unpaired) electrons. The molecule has 5 nitrogen and oxygen atoms in total. The van der Waals surface area contributed by atoms with E-state index in [9.17, 15) is 0 Å². The molecule has 0 saturated carbocycles. The van der Waals surface area contributed by atoms with Gasteiger partial charge in [-0.3, -0.25) is 9.80 Å². The molecule has 2 atom stereocenters. The van der Waals surface area contributed by atoms with Crippen LogP contribution in [-0.4, -0.2) is 61.6 Å². The average Bonchev–Trinajstić information content (AvgIpc) is 2.94. The monoisotopic (exact) mass is 518 g/mol. The van der Waals surface area contributed by atoms with Gasteiger partial charge in [-0.15, -0.1) is 0 Å². The van der Waals surface area contributed by atoms with E-state index in [0.717, 1.165) is 50.5 Å². The van der Waals surface area contributed by atoms with Crippen molar-refractivity contribution in [3.63, 3.8) is 0 Å². The van der Waals surface area contributed by atoms with Crippen molar-refractivity contribution < 1.29 is 14.2 Å². The van der Waals surface area contributed by atoms with Crippen LogP contribution >= 0.6 is 0 Å². The van der Waals surface area contributed by atoms with E-state index in [1.807, 2.05) is 0 Å². The van der Waals surface area contributed by atoms with E-state index in [1.54, 1.807) is 0 Å². The Bertz CT molecular complexity index is 599. The Morgan fingerprint density at radius 2 is 0.946 bits per heavy atom. The van der Waals surface area contributed by atoms with Crippen LogP contribution in [0, 0.1) is 0 Å². The van der Waals surface area contributed by atoms with E-state index in [-0.39, 0.29) is 12.5 Å². The topological polar surface area (TPSA) is 34.2 Å². The van der Waals surface area contributed by atoms with Gasteiger partial charge < -0.3 is 14.2 Å². The Balaban J connectivity index is 1.92. The second kappa shape index (κ2) is 20.6. The molecular weight excluding hydrogens is 460 g/mol. The number of ether oxygens (including phenoxy) is 3. The maximum atomic E-state index is 6.50. The van der Waals surface area contributed by atoms with Crippen LogP contribution in [0.3, 0.4) is 0 Å². The van der Waals surface area contributed by atoms with E-state index in [4.69, 9.17) is 14.2 Å². The van der Waals surface area contributed by atoms with Gasteiger partial charge in [0.25, 0.3) is 0 Å². The molecule has 1 aromatic carbocycles. The number of fused-ring (bicyclic) bond motifs is 10. The zero-order chi connectivity index (χ0) is 26.6. The third-order valence-electron chi connectivity index (χ3n) is 7.61. The summed E-state index contributed by atoms with van der Waals surface area (Å²) in [5.41, 5.74) is 0. The molecule has 0 aromatic heterocycles. The molecule has 0 N–H and O–H groups in total. The van der Waals surface area contributed by atoms with E-state index in [2.05, 4.69) is 61.8 Å². The van der Waals surface area contributed by atoms with Gasteiger partial charge in [0.15, 0.2) is 12.5 Å². The maximum Gasteiger partial charge on any atom is 0.154 e. The highest BCUT2D eigenvalue weighted by Crippen LogP contribution is 2.24. The Hall–Kier alpha value is -1.30. The lowest BCUT2D eigenvalue weighted by molar-refractivity contribution is -0.0203. The Morgan fingerprint density at radius 1 is 0.568 bits per heavy atom. The lowest BCUT2D eigenvalue weighted by Gasteiger charge is -2.31. The summed E-state index contributed by atoms with van der Waals surface area (Å²) in [5.74, 6) is 1.82. The summed E-state index contributed by atoms with van der Waals surface area (Å²) in [6.07, 6.45) is 17.7. The maximum absolute atomic E-state index is 6.50. The van der Waals surface area contributed by atoms with E-state index in [0.29, 0.717) is 13.2 Å². The van der Waals surface area contributed by atoms with Gasteiger partial charge in [0.2, 0.25) is 0 Å². The molecule has 0 aliphatic carbocycles. The van der Waals surface area contributed by atoms with Crippen molar-refractivity contribution in [3.05, 3.63) is 24.3 Å². The Kier molecular flexibility index (Phi) is 17.8. The Labute approximate surface area is 229 Å². The normalized spacial score (nSPS) is 18.8. The predicted octanol–water partition coefficient (Wildman–Crippen LogP) is 8.27. The van der Waals surface area contributed by atoms with Crippen molar-refractivity contribution in [1.29, 1.82) is 0 Å². The molecule has 2 heterocycles. The average molecular weight is 519 g/mol. The van der Waals surface area contributed by atoms with Gasteiger partial charge in [0.1, 0.15) is 11.5 Å². The van der Waals surface area contributed by atoms with Crippen LogP contribution in [0.5, 0.6) is 11.5 Å². The summed E-state index contributed by atoms with van der Waals surface area (Å²) in [5, 5.41) is 0. The number of benzene rings is 1. The van der Waals surface area contributed by atoms with Gasteiger partial charge in [0.05, 0.1) is 13.2 Å².